The van der Waals surface area contributed by atoms with Gasteiger partial charge < -0.3 is 0 Å². The lowest BCUT2D eigenvalue weighted by Crippen LogP contribution is -2.53. The molecular formula is C17H22N2O2. The van der Waals surface area contributed by atoms with E-state index in [-0.39, 0.29) is 12.1 Å². The molecule has 4 heteroatoms. The zero-order valence-corrected chi connectivity index (χ0v) is 12.3. The van der Waals surface area contributed by atoms with E-state index >= 15 is 0 Å². The summed E-state index contributed by atoms with van der Waals surface area (Å²) in [6.45, 7) is 0. The standard InChI is InChI=1S/C17H22N2O2/c20-8-18-16-12-3-1-2-4-13(12)17(19-9-21)15-11-6-5-10(7-11)14(15)16/h10-17H,1-7H2. The Balaban J connectivity index is 1.77. The predicted molar refractivity (Wildman–Crippen MR) is 77.1 cm³/mol. The molecule has 4 nitrogen and oxygen atoms in total. The van der Waals surface area contributed by atoms with E-state index in [1.54, 1.807) is 0 Å². The molecule has 8 atom stereocenters. The molecule has 0 radical (unpaired) electrons. The Kier molecular flexibility index (Phi) is 3.32. The first-order valence-corrected chi connectivity index (χ1v) is 8.49. The van der Waals surface area contributed by atoms with E-state index in [0.717, 1.165) is 12.8 Å². The summed E-state index contributed by atoms with van der Waals surface area (Å²) < 4.78 is 0. The Hall–Kier alpha value is -1.24. The maximum absolute atomic E-state index is 11.0. The topological polar surface area (TPSA) is 58.9 Å². The number of aliphatic imine (C=N–C) groups is 2. The van der Waals surface area contributed by atoms with Crippen molar-refractivity contribution in [1.82, 2.24) is 0 Å². The summed E-state index contributed by atoms with van der Waals surface area (Å²) in [4.78, 5) is 30.5. The average molecular weight is 286 g/mol. The summed E-state index contributed by atoms with van der Waals surface area (Å²) in [5.41, 5.74) is 0. The van der Waals surface area contributed by atoms with Crippen molar-refractivity contribution < 1.29 is 9.59 Å². The van der Waals surface area contributed by atoms with Crippen molar-refractivity contribution in [3.8, 4) is 0 Å². The van der Waals surface area contributed by atoms with Gasteiger partial charge in [-0.15, -0.1) is 0 Å². The highest BCUT2D eigenvalue weighted by molar-refractivity contribution is 5.36. The van der Waals surface area contributed by atoms with Crippen molar-refractivity contribution in [2.75, 3.05) is 0 Å². The Labute approximate surface area is 125 Å². The Morgan fingerprint density at radius 1 is 0.714 bits per heavy atom. The largest absolute Gasteiger partial charge is 0.235 e. The zero-order chi connectivity index (χ0) is 14.4. The van der Waals surface area contributed by atoms with Crippen LogP contribution in [0.4, 0.5) is 0 Å². The van der Waals surface area contributed by atoms with E-state index < -0.39 is 0 Å². The molecule has 0 spiro atoms. The fourth-order valence-electron chi connectivity index (χ4n) is 6.49. The molecule has 4 saturated carbocycles. The highest BCUT2D eigenvalue weighted by Crippen LogP contribution is 2.62. The molecule has 0 aromatic rings. The van der Waals surface area contributed by atoms with Crippen LogP contribution in [-0.2, 0) is 9.59 Å². The van der Waals surface area contributed by atoms with Crippen molar-refractivity contribution in [2.45, 2.75) is 57.0 Å². The fourth-order valence-corrected chi connectivity index (χ4v) is 6.49. The average Bonchev–Trinajstić information content (AvgIpc) is 3.12. The Bertz CT molecular complexity index is 475. The van der Waals surface area contributed by atoms with Crippen LogP contribution in [0.25, 0.3) is 0 Å². The molecule has 0 aliphatic heterocycles. The van der Waals surface area contributed by atoms with Crippen LogP contribution in [0.2, 0.25) is 0 Å². The predicted octanol–water partition coefficient (Wildman–Crippen LogP) is 2.88. The molecule has 21 heavy (non-hydrogen) atoms. The van der Waals surface area contributed by atoms with Crippen LogP contribution in [0.15, 0.2) is 9.98 Å². The minimum Gasteiger partial charge on any atom is -0.211 e. The van der Waals surface area contributed by atoms with Gasteiger partial charge in [-0.1, -0.05) is 12.8 Å². The molecule has 2 bridgehead atoms. The van der Waals surface area contributed by atoms with Crippen molar-refractivity contribution >= 4 is 12.2 Å². The number of fused-ring (bicyclic) bond motifs is 6. The molecule has 112 valence electrons. The molecule has 4 aliphatic rings. The first kappa shape index (κ1) is 13.4. The lowest BCUT2D eigenvalue weighted by molar-refractivity contribution is 0.00556. The first-order chi connectivity index (χ1) is 10.3. The summed E-state index contributed by atoms with van der Waals surface area (Å²) in [6.07, 6.45) is 12.2. The highest BCUT2D eigenvalue weighted by atomic mass is 16.1. The molecule has 4 rings (SSSR count). The highest BCUT2D eigenvalue weighted by Gasteiger charge is 2.60. The van der Waals surface area contributed by atoms with Crippen LogP contribution in [-0.4, -0.2) is 24.2 Å². The van der Waals surface area contributed by atoms with Crippen LogP contribution in [0, 0.1) is 35.5 Å². The summed E-state index contributed by atoms with van der Waals surface area (Å²) >= 11 is 0. The van der Waals surface area contributed by atoms with Crippen molar-refractivity contribution in [2.24, 2.45) is 45.5 Å². The number of rotatable bonds is 2. The van der Waals surface area contributed by atoms with Gasteiger partial charge in [-0.05, 0) is 67.6 Å². The van der Waals surface area contributed by atoms with Crippen LogP contribution in [0.5, 0.6) is 0 Å². The number of hydrogen-bond donors (Lipinski definition) is 0. The van der Waals surface area contributed by atoms with E-state index in [4.69, 9.17) is 0 Å². The van der Waals surface area contributed by atoms with Crippen LogP contribution < -0.4 is 0 Å². The van der Waals surface area contributed by atoms with Gasteiger partial charge in [0, 0.05) is 0 Å². The Morgan fingerprint density at radius 3 is 1.62 bits per heavy atom. The molecular weight excluding hydrogens is 264 g/mol. The SMILES string of the molecule is O=C=NC1C2CCCCC2C(N=C=O)C2C3CCC(C3)C12. The maximum atomic E-state index is 11.0. The second-order valence-corrected chi connectivity index (χ2v) is 7.52. The minimum absolute atomic E-state index is 0.145. The number of isocyanates is 2. The molecule has 0 amide bonds. The molecule has 0 aromatic heterocycles. The van der Waals surface area contributed by atoms with Crippen molar-refractivity contribution in [3.63, 3.8) is 0 Å². The van der Waals surface area contributed by atoms with Crippen LogP contribution in [0.1, 0.15) is 44.9 Å². The molecule has 0 aromatic carbocycles. The molecule has 0 N–H and O–H groups in total. The molecule has 0 heterocycles. The van der Waals surface area contributed by atoms with Gasteiger partial charge in [0.05, 0.1) is 12.1 Å². The van der Waals surface area contributed by atoms with Gasteiger partial charge in [0.25, 0.3) is 0 Å². The monoisotopic (exact) mass is 286 g/mol. The van der Waals surface area contributed by atoms with Gasteiger partial charge in [0.1, 0.15) is 0 Å². The molecule has 0 saturated heterocycles. The first-order valence-electron chi connectivity index (χ1n) is 8.49. The summed E-state index contributed by atoms with van der Waals surface area (Å²) in [5, 5.41) is 0. The fraction of sp³-hybridized carbons (Fsp3) is 0.882. The lowest BCUT2D eigenvalue weighted by atomic mass is 9.55. The maximum Gasteiger partial charge on any atom is 0.235 e. The van der Waals surface area contributed by atoms with Gasteiger partial charge >= 0.3 is 0 Å². The van der Waals surface area contributed by atoms with Gasteiger partial charge in [-0.3, -0.25) is 0 Å². The van der Waals surface area contributed by atoms with E-state index in [2.05, 4.69) is 9.98 Å². The van der Waals surface area contributed by atoms with Gasteiger partial charge in [-0.2, -0.15) is 0 Å². The van der Waals surface area contributed by atoms with Crippen molar-refractivity contribution in [1.29, 1.82) is 0 Å². The second kappa shape index (κ2) is 5.19. The van der Waals surface area contributed by atoms with E-state index in [1.807, 2.05) is 12.2 Å². The number of nitrogens with zero attached hydrogens (tertiary/aromatic N) is 2. The summed E-state index contributed by atoms with van der Waals surface area (Å²) in [7, 11) is 0. The van der Waals surface area contributed by atoms with Gasteiger partial charge in [0.2, 0.25) is 12.2 Å². The van der Waals surface area contributed by atoms with E-state index in [0.29, 0.717) is 35.5 Å². The van der Waals surface area contributed by atoms with Crippen LogP contribution in [0.3, 0.4) is 0 Å². The lowest BCUT2D eigenvalue weighted by Gasteiger charge is -2.51. The third-order valence-corrected chi connectivity index (χ3v) is 6.99. The summed E-state index contributed by atoms with van der Waals surface area (Å²) in [6, 6.07) is 0.289. The smallest absolute Gasteiger partial charge is 0.211 e. The van der Waals surface area contributed by atoms with Gasteiger partial charge in [-0.25, -0.2) is 19.6 Å². The number of hydrogen-bond acceptors (Lipinski definition) is 4. The minimum atomic E-state index is 0.145. The molecule has 8 unspecified atom stereocenters. The Morgan fingerprint density at radius 2 is 1.19 bits per heavy atom. The summed E-state index contributed by atoms with van der Waals surface area (Å²) in [5.74, 6) is 3.17. The molecule has 4 aliphatic carbocycles. The third-order valence-electron chi connectivity index (χ3n) is 6.99. The zero-order valence-electron chi connectivity index (χ0n) is 12.3. The van der Waals surface area contributed by atoms with Crippen LogP contribution >= 0.6 is 0 Å². The number of carbonyl (C=O) groups excluding carboxylic acids is 2. The van der Waals surface area contributed by atoms with E-state index in [1.165, 1.54) is 32.1 Å². The van der Waals surface area contributed by atoms with E-state index in [9.17, 15) is 9.59 Å². The quantitative estimate of drug-likeness (QED) is 0.579. The van der Waals surface area contributed by atoms with Gasteiger partial charge in [0.15, 0.2) is 0 Å². The second-order valence-electron chi connectivity index (χ2n) is 7.52. The van der Waals surface area contributed by atoms with Crippen molar-refractivity contribution in [3.05, 3.63) is 0 Å². The molecule has 4 fully saturated rings. The third kappa shape index (κ3) is 1.89. The normalized spacial score (nSPS) is 50.5.